The summed E-state index contributed by atoms with van der Waals surface area (Å²) < 4.78 is 1.97. The molecule has 2 rings (SSSR count). The van der Waals surface area contributed by atoms with Gasteiger partial charge in [-0.05, 0) is 17.7 Å². The van der Waals surface area contributed by atoms with Crippen LogP contribution in [-0.4, -0.2) is 9.55 Å². The van der Waals surface area contributed by atoms with Gasteiger partial charge in [0.2, 0.25) is 0 Å². The maximum Gasteiger partial charge on any atom is 0.113 e. The summed E-state index contributed by atoms with van der Waals surface area (Å²) in [6.45, 7) is 0.447. The summed E-state index contributed by atoms with van der Waals surface area (Å²) in [5.74, 6) is 0.940. The topological polar surface area (TPSA) is 43.8 Å². The third-order valence-corrected chi connectivity index (χ3v) is 3.18. The van der Waals surface area contributed by atoms with Gasteiger partial charge in [0, 0.05) is 36.3 Å². The Balaban J connectivity index is 2.27. The number of nitrogens with zero attached hydrogens (tertiary/aromatic N) is 2. The zero-order valence-corrected chi connectivity index (χ0v) is 11.0. The molecular formula is C12H13Cl2N3. The first-order chi connectivity index (χ1) is 8.10. The predicted molar refractivity (Wildman–Crippen MR) is 70.4 cm³/mol. The van der Waals surface area contributed by atoms with E-state index >= 15 is 0 Å². The third-order valence-electron chi connectivity index (χ3n) is 2.60. The van der Waals surface area contributed by atoms with Crippen molar-refractivity contribution in [1.29, 1.82) is 0 Å². The number of hydrogen-bond acceptors (Lipinski definition) is 2. The fourth-order valence-corrected chi connectivity index (χ4v) is 2.14. The standard InChI is InChI=1S/C12H13Cl2N3/c1-17-7-10(6-15)16-12(17)4-8-2-3-9(13)5-11(8)14/h2-3,5,7H,4,6,15H2,1H3. The number of hydrogen-bond donors (Lipinski definition) is 1. The van der Waals surface area contributed by atoms with Gasteiger partial charge in [0.25, 0.3) is 0 Å². The predicted octanol–water partition coefficient (Wildman–Crippen LogP) is 2.78. The van der Waals surface area contributed by atoms with Crippen molar-refractivity contribution in [3.05, 3.63) is 51.5 Å². The Morgan fingerprint density at radius 1 is 1.35 bits per heavy atom. The number of imidazole rings is 1. The second kappa shape index (κ2) is 5.08. The summed E-state index contributed by atoms with van der Waals surface area (Å²) in [4.78, 5) is 4.43. The van der Waals surface area contributed by atoms with Crippen LogP contribution in [0.15, 0.2) is 24.4 Å². The van der Waals surface area contributed by atoms with Gasteiger partial charge >= 0.3 is 0 Å². The molecule has 0 aliphatic rings. The number of benzene rings is 1. The molecule has 1 aromatic carbocycles. The maximum atomic E-state index is 6.13. The molecule has 0 saturated carbocycles. The van der Waals surface area contributed by atoms with E-state index in [4.69, 9.17) is 28.9 Å². The highest BCUT2D eigenvalue weighted by Gasteiger charge is 2.08. The van der Waals surface area contributed by atoms with E-state index in [0.29, 0.717) is 23.0 Å². The Labute approximate surface area is 110 Å². The second-order valence-corrected chi connectivity index (χ2v) is 4.72. The SMILES string of the molecule is Cn1cc(CN)nc1Cc1ccc(Cl)cc1Cl. The lowest BCUT2D eigenvalue weighted by Gasteiger charge is -2.04. The van der Waals surface area contributed by atoms with Gasteiger partial charge in [-0.2, -0.15) is 0 Å². The molecule has 1 aromatic heterocycles. The molecule has 0 fully saturated rings. The van der Waals surface area contributed by atoms with Crippen LogP contribution in [0, 0.1) is 0 Å². The highest BCUT2D eigenvalue weighted by Crippen LogP contribution is 2.23. The van der Waals surface area contributed by atoms with Gasteiger partial charge in [-0.15, -0.1) is 0 Å². The molecule has 0 atom stereocenters. The average Bonchev–Trinajstić information content (AvgIpc) is 2.64. The Bertz CT molecular complexity index is 535. The van der Waals surface area contributed by atoms with Crippen LogP contribution in [0.2, 0.25) is 10.0 Å². The molecule has 0 bridgehead atoms. The zero-order valence-electron chi connectivity index (χ0n) is 9.45. The van der Waals surface area contributed by atoms with E-state index in [-0.39, 0.29) is 0 Å². The first-order valence-corrected chi connectivity index (χ1v) is 6.01. The first kappa shape index (κ1) is 12.4. The lowest BCUT2D eigenvalue weighted by atomic mass is 10.1. The smallest absolute Gasteiger partial charge is 0.113 e. The van der Waals surface area contributed by atoms with Crippen molar-refractivity contribution in [2.24, 2.45) is 12.8 Å². The van der Waals surface area contributed by atoms with Crippen molar-refractivity contribution in [3.63, 3.8) is 0 Å². The summed E-state index contributed by atoms with van der Waals surface area (Å²) in [5.41, 5.74) is 7.45. The van der Waals surface area contributed by atoms with Crippen LogP contribution >= 0.6 is 23.2 Å². The molecule has 3 nitrogen and oxygen atoms in total. The van der Waals surface area contributed by atoms with Gasteiger partial charge in [0.05, 0.1) is 5.69 Å². The highest BCUT2D eigenvalue weighted by atomic mass is 35.5. The largest absolute Gasteiger partial charge is 0.337 e. The van der Waals surface area contributed by atoms with E-state index in [2.05, 4.69) is 4.98 Å². The van der Waals surface area contributed by atoms with E-state index in [1.165, 1.54) is 0 Å². The van der Waals surface area contributed by atoms with Gasteiger partial charge in [-0.25, -0.2) is 4.98 Å². The van der Waals surface area contributed by atoms with Crippen molar-refractivity contribution in [3.8, 4) is 0 Å². The normalized spacial score (nSPS) is 10.8. The Hall–Kier alpha value is -1.03. The number of aryl methyl sites for hydroxylation is 1. The maximum absolute atomic E-state index is 6.13. The molecule has 2 N–H and O–H groups in total. The molecule has 0 spiro atoms. The summed E-state index contributed by atoms with van der Waals surface area (Å²) in [7, 11) is 1.95. The van der Waals surface area contributed by atoms with Crippen molar-refractivity contribution < 1.29 is 0 Å². The summed E-state index contributed by atoms with van der Waals surface area (Å²) >= 11 is 12.0. The Kier molecular flexibility index (Phi) is 3.72. The van der Waals surface area contributed by atoms with Gasteiger partial charge in [-0.1, -0.05) is 29.3 Å². The molecule has 0 aliphatic heterocycles. The molecule has 0 saturated heterocycles. The Morgan fingerprint density at radius 2 is 2.12 bits per heavy atom. The third kappa shape index (κ3) is 2.80. The van der Waals surface area contributed by atoms with Crippen molar-refractivity contribution in [2.45, 2.75) is 13.0 Å². The van der Waals surface area contributed by atoms with Gasteiger partial charge in [-0.3, -0.25) is 0 Å². The summed E-state index contributed by atoms with van der Waals surface area (Å²) in [5, 5.41) is 1.30. The number of rotatable bonds is 3. The fourth-order valence-electron chi connectivity index (χ4n) is 1.67. The lowest BCUT2D eigenvalue weighted by molar-refractivity contribution is 0.821. The molecule has 90 valence electrons. The van der Waals surface area contributed by atoms with Crippen LogP contribution in [0.4, 0.5) is 0 Å². The first-order valence-electron chi connectivity index (χ1n) is 5.25. The minimum Gasteiger partial charge on any atom is -0.337 e. The molecular weight excluding hydrogens is 257 g/mol. The van der Waals surface area contributed by atoms with Crippen molar-refractivity contribution >= 4 is 23.2 Å². The summed E-state index contributed by atoms with van der Waals surface area (Å²) in [6, 6.07) is 5.49. The second-order valence-electron chi connectivity index (χ2n) is 3.88. The van der Waals surface area contributed by atoms with Crippen LogP contribution < -0.4 is 5.73 Å². The van der Waals surface area contributed by atoms with Crippen molar-refractivity contribution in [2.75, 3.05) is 0 Å². The minimum atomic E-state index is 0.447. The summed E-state index contributed by atoms with van der Waals surface area (Å²) in [6.07, 6.45) is 2.60. The van der Waals surface area contributed by atoms with Crippen LogP contribution in [0.1, 0.15) is 17.1 Å². The molecule has 17 heavy (non-hydrogen) atoms. The molecule has 0 unspecified atom stereocenters. The van der Waals surface area contributed by atoms with Crippen molar-refractivity contribution in [1.82, 2.24) is 9.55 Å². The monoisotopic (exact) mass is 269 g/mol. The lowest BCUT2D eigenvalue weighted by Crippen LogP contribution is -1.99. The molecule has 0 aliphatic carbocycles. The molecule has 0 radical (unpaired) electrons. The van der Waals surface area contributed by atoms with Gasteiger partial charge < -0.3 is 10.3 Å². The number of halogens is 2. The number of aromatic nitrogens is 2. The highest BCUT2D eigenvalue weighted by molar-refractivity contribution is 6.35. The van der Waals surface area contributed by atoms with E-state index in [1.54, 1.807) is 6.07 Å². The molecule has 1 heterocycles. The van der Waals surface area contributed by atoms with Gasteiger partial charge in [0.15, 0.2) is 0 Å². The average molecular weight is 270 g/mol. The van der Waals surface area contributed by atoms with Crippen LogP contribution in [0.3, 0.4) is 0 Å². The molecule has 2 aromatic rings. The zero-order chi connectivity index (χ0) is 12.4. The molecule has 0 amide bonds. The quantitative estimate of drug-likeness (QED) is 0.932. The van der Waals surface area contributed by atoms with E-state index in [0.717, 1.165) is 17.1 Å². The van der Waals surface area contributed by atoms with Gasteiger partial charge in [0.1, 0.15) is 5.82 Å². The minimum absolute atomic E-state index is 0.447. The van der Waals surface area contributed by atoms with Crippen LogP contribution in [-0.2, 0) is 20.0 Å². The van der Waals surface area contributed by atoms with Crippen LogP contribution in [0.25, 0.3) is 0 Å². The molecule has 5 heteroatoms. The van der Waals surface area contributed by atoms with Crippen LogP contribution in [0.5, 0.6) is 0 Å². The fraction of sp³-hybridized carbons (Fsp3) is 0.250. The number of nitrogens with two attached hydrogens (primary N) is 1. The van der Waals surface area contributed by atoms with E-state index in [9.17, 15) is 0 Å². The van der Waals surface area contributed by atoms with E-state index < -0.39 is 0 Å². The van der Waals surface area contributed by atoms with E-state index in [1.807, 2.05) is 29.9 Å². The Morgan fingerprint density at radius 3 is 2.71 bits per heavy atom.